The summed E-state index contributed by atoms with van der Waals surface area (Å²) in [5, 5.41) is -0.0912. The fourth-order valence-electron chi connectivity index (χ4n) is 0.794. The summed E-state index contributed by atoms with van der Waals surface area (Å²) in [6.45, 7) is 3.57. The van der Waals surface area contributed by atoms with Crippen LogP contribution in [0.25, 0.3) is 0 Å². The fraction of sp³-hybridized carbons (Fsp3) is 0.875. The number of rotatable bonds is 5. The lowest BCUT2D eigenvalue weighted by atomic mass is 10.2. The van der Waals surface area contributed by atoms with Crippen molar-refractivity contribution in [1.82, 2.24) is 0 Å². The Labute approximate surface area is 76.4 Å². The smallest absolute Gasteiger partial charge is 0.303 e. The van der Waals surface area contributed by atoms with Crippen LogP contribution in [-0.2, 0) is 9.53 Å². The maximum Gasteiger partial charge on any atom is 0.303 e. The summed E-state index contributed by atoms with van der Waals surface area (Å²) in [6.07, 6.45) is 4.41. The van der Waals surface area contributed by atoms with E-state index in [0.29, 0.717) is 0 Å². The molecule has 0 saturated carbocycles. The Morgan fingerprint density at radius 3 is 2.64 bits per heavy atom. The molecule has 0 N–H and O–H groups in total. The van der Waals surface area contributed by atoms with E-state index in [1.54, 1.807) is 0 Å². The zero-order chi connectivity index (χ0) is 8.69. The van der Waals surface area contributed by atoms with Crippen molar-refractivity contribution in [3.63, 3.8) is 0 Å². The minimum absolute atomic E-state index is 0.0912. The van der Waals surface area contributed by atoms with E-state index < -0.39 is 0 Å². The third-order valence-corrected chi connectivity index (χ3v) is 1.97. The van der Waals surface area contributed by atoms with Crippen molar-refractivity contribution in [2.24, 2.45) is 0 Å². The van der Waals surface area contributed by atoms with Gasteiger partial charge in [-0.25, -0.2) is 0 Å². The van der Waals surface area contributed by atoms with Crippen molar-refractivity contribution >= 4 is 21.9 Å². The summed E-state index contributed by atoms with van der Waals surface area (Å²) in [7, 11) is 0. The van der Waals surface area contributed by atoms with E-state index in [-0.39, 0.29) is 11.0 Å². The van der Waals surface area contributed by atoms with Crippen molar-refractivity contribution in [2.75, 3.05) is 0 Å². The van der Waals surface area contributed by atoms with Crippen molar-refractivity contribution in [2.45, 2.75) is 44.5 Å². The van der Waals surface area contributed by atoms with Crippen LogP contribution in [0.5, 0.6) is 0 Å². The summed E-state index contributed by atoms with van der Waals surface area (Å²) in [4.78, 5) is 10.4. The van der Waals surface area contributed by atoms with E-state index in [2.05, 4.69) is 22.9 Å². The first-order valence-electron chi connectivity index (χ1n) is 3.98. The molecule has 0 bridgehead atoms. The molecular formula is C8H15BrO2. The van der Waals surface area contributed by atoms with Gasteiger partial charge in [0.1, 0.15) is 0 Å². The molecule has 0 spiro atoms. The highest BCUT2D eigenvalue weighted by molar-refractivity contribution is 9.09. The van der Waals surface area contributed by atoms with Crippen LogP contribution in [0.2, 0.25) is 0 Å². The second-order valence-corrected chi connectivity index (χ2v) is 3.54. The molecule has 0 rings (SSSR count). The number of carbonyl (C=O) groups excluding carboxylic acids is 1. The largest absolute Gasteiger partial charge is 0.451 e. The van der Waals surface area contributed by atoms with E-state index in [1.807, 2.05) is 0 Å². The van der Waals surface area contributed by atoms with Gasteiger partial charge in [-0.15, -0.1) is 0 Å². The zero-order valence-electron chi connectivity index (χ0n) is 7.10. The minimum Gasteiger partial charge on any atom is -0.451 e. The Hall–Kier alpha value is -0.0500. The van der Waals surface area contributed by atoms with Crippen LogP contribution in [-0.4, -0.2) is 11.0 Å². The summed E-state index contributed by atoms with van der Waals surface area (Å²) in [5.41, 5.74) is 0. The summed E-state index contributed by atoms with van der Waals surface area (Å²) >= 11 is 3.27. The van der Waals surface area contributed by atoms with E-state index in [4.69, 9.17) is 4.74 Å². The van der Waals surface area contributed by atoms with Crippen molar-refractivity contribution in [3.8, 4) is 0 Å². The highest BCUT2D eigenvalue weighted by Crippen LogP contribution is 2.12. The lowest BCUT2D eigenvalue weighted by Crippen LogP contribution is -2.08. The van der Waals surface area contributed by atoms with Crippen molar-refractivity contribution in [1.29, 1.82) is 0 Å². The first-order chi connectivity index (χ1) is 5.16. The summed E-state index contributed by atoms with van der Waals surface area (Å²) in [6, 6.07) is 0. The van der Waals surface area contributed by atoms with E-state index >= 15 is 0 Å². The Bertz CT molecular complexity index is 115. The van der Waals surface area contributed by atoms with Gasteiger partial charge in [-0.05, 0) is 28.8 Å². The molecule has 0 aromatic carbocycles. The Kier molecular flexibility index (Phi) is 6.62. The second-order valence-electron chi connectivity index (χ2n) is 2.52. The molecule has 0 aromatic rings. The van der Waals surface area contributed by atoms with E-state index in [1.165, 1.54) is 19.8 Å². The first kappa shape index (κ1) is 11.0. The normalized spacial score (nSPS) is 12.6. The van der Waals surface area contributed by atoms with E-state index in [0.717, 1.165) is 12.8 Å². The van der Waals surface area contributed by atoms with Gasteiger partial charge < -0.3 is 4.74 Å². The average molecular weight is 223 g/mol. The molecule has 0 aliphatic rings. The number of carbonyl (C=O) groups is 1. The van der Waals surface area contributed by atoms with Crippen molar-refractivity contribution in [3.05, 3.63) is 0 Å². The van der Waals surface area contributed by atoms with Crippen LogP contribution in [0, 0.1) is 0 Å². The van der Waals surface area contributed by atoms with Gasteiger partial charge in [0, 0.05) is 6.92 Å². The molecule has 66 valence electrons. The Morgan fingerprint density at radius 1 is 1.55 bits per heavy atom. The number of hydrogen-bond acceptors (Lipinski definition) is 2. The van der Waals surface area contributed by atoms with Crippen molar-refractivity contribution < 1.29 is 9.53 Å². The molecule has 3 heteroatoms. The molecule has 0 aromatic heterocycles. The third-order valence-electron chi connectivity index (χ3n) is 1.33. The molecule has 1 atom stereocenters. The van der Waals surface area contributed by atoms with Crippen LogP contribution >= 0.6 is 15.9 Å². The van der Waals surface area contributed by atoms with Gasteiger partial charge in [-0.1, -0.05) is 19.8 Å². The van der Waals surface area contributed by atoms with Crippen LogP contribution in [0.15, 0.2) is 0 Å². The molecule has 0 unspecified atom stereocenters. The molecular weight excluding hydrogens is 208 g/mol. The average Bonchev–Trinajstić information content (AvgIpc) is 1.86. The molecule has 0 amide bonds. The predicted molar refractivity (Wildman–Crippen MR) is 48.6 cm³/mol. The number of unbranched alkanes of at least 4 members (excludes halogenated alkanes) is 2. The van der Waals surface area contributed by atoms with Gasteiger partial charge in [0.2, 0.25) is 0 Å². The third kappa shape index (κ3) is 7.85. The molecule has 0 aliphatic carbocycles. The zero-order valence-corrected chi connectivity index (χ0v) is 8.69. The molecule has 0 heterocycles. The highest BCUT2D eigenvalue weighted by atomic mass is 79.9. The topological polar surface area (TPSA) is 26.3 Å². The van der Waals surface area contributed by atoms with Crippen LogP contribution in [0.4, 0.5) is 0 Å². The number of ether oxygens (including phenoxy) is 1. The summed E-state index contributed by atoms with van der Waals surface area (Å²) < 4.78 is 4.87. The monoisotopic (exact) mass is 222 g/mol. The molecule has 0 fully saturated rings. The molecule has 11 heavy (non-hydrogen) atoms. The number of alkyl halides is 1. The van der Waals surface area contributed by atoms with Gasteiger partial charge in [0.25, 0.3) is 0 Å². The standard InChI is InChI=1S/C8H15BrO2/c1-3-4-5-6-8(9)11-7(2)10/h8H,3-6H2,1-2H3/t8-/m1/s1. The molecule has 0 aliphatic heterocycles. The number of esters is 1. The van der Waals surface area contributed by atoms with Crippen LogP contribution < -0.4 is 0 Å². The predicted octanol–water partition coefficient (Wildman–Crippen LogP) is 2.85. The van der Waals surface area contributed by atoms with Crippen LogP contribution in [0.3, 0.4) is 0 Å². The molecule has 0 saturated heterocycles. The Morgan fingerprint density at radius 2 is 2.18 bits per heavy atom. The fourth-order valence-corrected chi connectivity index (χ4v) is 1.38. The molecule has 2 nitrogen and oxygen atoms in total. The highest BCUT2D eigenvalue weighted by Gasteiger charge is 2.05. The van der Waals surface area contributed by atoms with Crippen LogP contribution in [0.1, 0.15) is 39.5 Å². The van der Waals surface area contributed by atoms with Gasteiger partial charge in [-0.2, -0.15) is 0 Å². The number of hydrogen-bond donors (Lipinski definition) is 0. The minimum atomic E-state index is -0.219. The number of halogens is 1. The summed E-state index contributed by atoms with van der Waals surface area (Å²) in [5.74, 6) is -0.219. The Balaban J connectivity index is 3.22. The van der Waals surface area contributed by atoms with Gasteiger partial charge >= 0.3 is 5.97 Å². The SMILES string of the molecule is CCCCC[C@H](Br)OC(C)=O. The maximum absolute atomic E-state index is 10.4. The molecule has 0 radical (unpaired) electrons. The second kappa shape index (κ2) is 6.65. The van der Waals surface area contributed by atoms with E-state index in [9.17, 15) is 4.79 Å². The van der Waals surface area contributed by atoms with Gasteiger partial charge in [-0.3, -0.25) is 4.79 Å². The maximum atomic E-state index is 10.4. The lowest BCUT2D eigenvalue weighted by Gasteiger charge is -2.08. The van der Waals surface area contributed by atoms with Gasteiger partial charge in [0.05, 0.1) is 0 Å². The first-order valence-corrected chi connectivity index (χ1v) is 4.89. The quantitative estimate of drug-likeness (QED) is 0.407. The van der Waals surface area contributed by atoms with Gasteiger partial charge in [0.15, 0.2) is 5.01 Å². The lowest BCUT2D eigenvalue weighted by molar-refractivity contribution is -0.142.